The van der Waals surface area contributed by atoms with Crippen LogP contribution in [0.15, 0.2) is 23.3 Å². The molecule has 1 atom stereocenters. The molecule has 2 aromatic rings. The number of nitrogens with zero attached hydrogens (tertiary/aromatic N) is 7. The monoisotopic (exact) mass is 436 g/mol. The van der Waals surface area contributed by atoms with Crippen LogP contribution in [0.4, 0.5) is 0 Å². The van der Waals surface area contributed by atoms with Crippen molar-refractivity contribution in [2.24, 2.45) is 18.0 Å². The average molecular weight is 437 g/mol. The fourth-order valence-electron chi connectivity index (χ4n) is 5.43. The lowest BCUT2D eigenvalue weighted by molar-refractivity contribution is 0.199. The van der Waals surface area contributed by atoms with Gasteiger partial charge in [0.05, 0.1) is 31.4 Å². The SMILES string of the molecule is CN(Cc1nnc(CC2CCN(CC3=NCCN3)CC2)n1C)C1CCCc2cccnc21. The van der Waals surface area contributed by atoms with Gasteiger partial charge in [-0.15, -0.1) is 10.2 Å². The third-order valence-corrected chi connectivity index (χ3v) is 7.44. The summed E-state index contributed by atoms with van der Waals surface area (Å²) in [5, 5.41) is 12.5. The topological polar surface area (TPSA) is 74.5 Å². The molecule has 2 aliphatic heterocycles. The third kappa shape index (κ3) is 4.71. The van der Waals surface area contributed by atoms with Crippen molar-refractivity contribution in [1.29, 1.82) is 0 Å². The molecular formula is C24H36N8. The number of hydrogen-bond acceptors (Lipinski definition) is 7. The van der Waals surface area contributed by atoms with Gasteiger partial charge in [-0.05, 0) is 69.8 Å². The number of piperidine rings is 1. The first kappa shape index (κ1) is 21.5. The molecule has 0 bridgehead atoms. The van der Waals surface area contributed by atoms with Gasteiger partial charge in [-0.25, -0.2) is 0 Å². The number of pyridine rings is 1. The highest BCUT2D eigenvalue weighted by Crippen LogP contribution is 2.32. The molecular weight excluding hydrogens is 400 g/mol. The van der Waals surface area contributed by atoms with Gasteiger partial charge in [-0.2, -0.15) is 0 Å². The second-order valence-electron chi connectivity index (χ2n) is 9.64. The Kier molecular flexibility index (Phi) is 6.50. The third-order valence-electron chi connectivity index (χ3n) is 7.44. The molecule has 8 nitrogen and oxygen atoms in total. The van der Waals surface area contributed by atoms with Crippen molar-refractivity contribution < 1.29 is 0 Å². The number of fused-ring (bicyclic) bond motifs is 1. The van der Waals surface area contributed by atoms with Crippen LogP contribution in [0.2, 0.25) is 0 Å². The quantitative estimate of drug-likeness (QED) is 0.715. The summed E-state index contributed by atoms with van der Waals surface area (Å²) in [5.41, 5.74) is 2.64. The van der Waals surface area contributed by atoms with E-state index < -0.39 is 0 Å². The first-order chi connectivity index (χ1) is 15.7. The van der Waals surface area contributed by atoms with Gasteiger partial charge < -0.3 is 9.88 Å². The maximum atomic E-state index is 4.71. The van der Waals surface area contributed by atoms with E-state index in [1.165, 1.54) is 36.4 Å². The zero-order valence-electron chi connectivity index (χ0n) is 19.5. The standard InChI is InChI=1S/C24H36N8/c1-30(20-7-3-5-19-6-4-10-27-24(19)20)17-23-29-28-22(31(23)2)15-18-8-13-32(14-9-18)16-21-25-11-12-26-21/h4,6,10,18,20H,3,5,7-9,11-17H2,1-2H3,(H,25,26). The second-order valence-corrected chi connectivity index (χ2v) is 9.64. The highest BCUT2D eigenvalue weighted by Gasteiger charge is 2.27. The van der Waals surface area contributed by atoms with E-state index in [4.69, 9.17) is 4.98 Å². The molecule has 4 heterocycles. The van der Waals surface area contributed by atoms with Gasteiger partial charge in [0.2, 0.25) is 0 Å². The maximum Gasteiger partial charge on any atom is 0.146 e. The number of aromatic nitrogens is 4. The predicted molar refractivity (Wildman–Crippen MR) is 126 cm³/mol. The number of likely N-dealkylation sites (tertiary alicyclic amines) is 1. The summed E-state index contributed by atoms with van der Waals surface area (Å²) in [6.07, 6.45) is 8.92. The Labute approximate surface area is 191 Å². The van der Waals surface area contributed by atoms with E-state index in [0.29, 0.717) is 12.0 Å². The van der Waals surface area contributed by atoms with Crippen LogP contribution in [-0.2, 0) is 26.4 Å². The van der Waals surface area contributed by atoms with E-state index >= 15 is 0 Å². The molecule has 8 heteroatoms. The summed E-state index contributed by atoms with van der Waals surface area (Å²) in [4.78, 5) is 14.2. The second kappa shape index (κ2) is 9.67. The molecule has 1 unspecified atom stereocenters. The Morgan fingerprint density at radius 3 is 2.81 bits per heavy atom. The minimum absolute atomic E-state index is 0.364. The summed E-state index contributed by atoms with van der Waals surface area (Å²) in [6.45, 7) is 6.00. The van der Waals surface area contributed by atoms with Crippen LogP contribution in [0, 0.1) is 5.92 Å². The summed E-state index contributed by atoms with van der Waals surface area (Å²) < 4.78 is 2.22. The fourth-order valence-corrected chi connectivity index (χ4v) is 5.43. The zero-order valence-corrected chi connectivity index (χ0v) is 19.5. The van der Waals surface area contributed by atoms with E-state index in [-0.39, 0.29) is 0 Å². The lowest BCUT2D eigenvalue weighted by Gasteiger charge is -2.32. The van der Waals surface area contributed by atoms with Crippen LogP contribution in [0.1, 0.15) is 54.6 Å². The van der Waals surface area contributed by atoms with E-state index in [2.05, 4.69) is 61.1 Å². The van der Waals surface area contributed by atoms with Gasteiger partial charge in [0.1, 0.15) is 17.5 Å². The molecule has 1 N–H and O–H groups in total. The summed E-state index contributed by atoms with van der Waals surface area (Å²) >= 11 is 0. The van der Waals surface area contributed by atoms with Gasteiger partial charge in [-0.3, -0.25) is 19.8 Å². The molecule has 0 spiro atoms. The first-order valence-electron chi connectivity index (χ1n) is 12.2. The number of nitrogens with one attached hydrogen (secondary N) is 1. The molecule has 3 aliphatic rings. The number of hydrogen-bond donors (Lipinski definition) is 1. The van der Waals surface area contributed by atoms with Crippen LogP contribution in [0.3, 0.4) is 0 Å². The molecule has 5 rings (SSSR count). The van der Waals surface area contributed by atoms with Gasteiger partial charge >= 0.3 is 0 Å². The molecule has 1 aliphatic carbocycles. The number of aliphatic imine (C=N–C) groups is 1. The molecule has 0 radical (unpaired) electrons. The largest absolute Gasteiger partial charge is 0.371 e. The first-order valence-corrected chi connectivity index (χ1v) is 12.2. The minimum atomic E-state index is 0.364. The maximum absolute atomic E-state index is 4.71. The predicted octanol–water partition coefficient (Wildman–Crippen LogP) is 1.98. The Bertz CT molecular complexity index is 943. The number of amidine groups is 1. The number of aryl methyl sites for hydroxylation is 1. The van der Waals surface area contributed by atoms with Crippen LogP contribution in [-0.4, -0.2) is 75.2 Å². The Hall–Kier alpha value is -2.32. The molecule has 0 saturated carbocycles. The van der Waals surface area contributed by atoms with E-state index in [1.807, 2.05) is 6.20 Å². The lowest BCUT2D eigenvalue weighted by Crippen LogP contribution is -2.40. The fraction of sp³-hybridized carbons (Fsp3) is 0.667. The molecule has 2 aromatic heterocycles. The van der Waals surface area contributed by atoms with Gasteiger partial charge in [0, 0.05) is 26.2 Å². The van der Waals surface area contributed by atoms with Crippen molar-refractivity contribution in [3.8, 4) is 0 Å². The van der Waals surface area contributed by atoms with Crippen molar-refractivity contribution in [2.45, 2.75) is 51.1 Å². The molecule has 32 heavy (non-hydrogen) atoms. The van der Waals surface area contributed by atoms with Crippen molar-refractivity contribution >= 4 is 5.84 Å². The zero-order chi connectivity index (χ0) is 21.9. The number of rotatable bonds is 7. The molecule has 1 saturated heterocycles. The molecule has 0 amide bonds. The van der Waals surface area contributed by atoms with E-state index in [0.717, 1.165) is 70.2 Å². The van der Waals surface area contributed by atoms with Crippen LogP contribution < -0.4 is 5.32 Å². The summed E-state index contributed by atoms with van der Waals surface area (Å²) in [6, 6.07) is 4.65. The van der Waals surface area contributed by atoms with Crippen LogP contribution in [0.25, 0.3) is 0 Å². The Morgan fingerprint density at radius 1 is 1.16 bits per heavy atom. The van der Waals surface area contributed by atoms with Gasteiger partial charge in [-0.1, -0.05) is 6.07 Å². The molecule has 172 valence electrons. The molecule has 0 aromatic carbocycles. The van der Waals surface area contributed by atoms with Crippen molar-refractivity contribution in [3.05, 3.63) is 41.2 Å². The van der Waals surface area contributed by atoms with E-state index in [9.17, 15) is 0 Å². The van der Waals surface area contributed by atoms with Gasteiger partial charge in [0.15, 0.2) is 0 Å². The van der Waals surface area contributed by atoms with Crippen molar-refractivity contribution in [2.75, 3.05) is 39.8 Å². The lowest BCUT2D eigenvalue weighted by atomic mass is 9.91. The molecule has 1 fully saturated rings. The average Bonchev–Trinajstić information content (AvgIpc) is 3.45. The van der Waals surface area contributed by atoms with E-state index in [1.54, 1.807) is 0 Å². The Balaban J connectivity index is 1.16. The van der Waals surface area contributed by atoms with Crippen molar-refractivity contribution in [1.82, 2.24) is 34.9 Å². The highest BCUT2D eigenvalue weighted by atomic mass is 15.3. The van der Waals surface area contributed by atoms with Crippen molar-refractivity contribution in [3.63, 3.8) is 0 Å². The van der Waals surface area contributed by atoms with Gasteiger partial charge in [0.25, 0.3) is 0 Å². The summed E-state index contributed by atoms with van der Waals surface area (Å²) in [7, 11) is 4.33. The minimum Gasteiger partial charge on any atom is -0.371 e. The highest BCUT2D eigenvalue weighted by molar-refractivity contribution is 5.85. The smallest absolute Gasteiger partial charge is 0.146 e. The van der Waals surface area contributed by atoms with Crippen LogP contribution >= 0.6 is 0 Å². The van der Waals surface area contributed by atoms with Crippen LogP contribution in [0.5, 0.6) is 0 Å². The Morgan fingerprint density at radius 2 is 2.00 bits per heavy atom. The summed E-state index contributed by atoms with van der Waals surface area (Å²) in [5.74, 6) is 4.03. The normalized spacial score (nSPS) is 22.1.